The Labute approximate surface area is 96.6 Å². The van der Waals surface area contributed by atoms with Gasteiger partial charge >= 0.3 is 0 Å². The van der Waals surface area contributed by atoms with Crippen LogP contribution >= 0.6 is 0 Å². The fourth-order valence-electron chi connectivity index (χ4n) is 1.63. The highest BCUT2D eigenvalue weighted by Gasteiger charge is 2.18. The van der Waals surface area contributed by atoms with E-state index in [1.54, 1.807) is 4.90 Å². The van der Waals surface area contributed by atoms with Crippen LogP contribution < -0.4 is 10.6 Å². The molecule has 0 aromatic heterocycles. The van der Waals surface area contributed by atoms with Crippen molar-refractivity contribution in [2.45, 2.75) is 26.2 Å². The molecule has 5 heteroatoms. The summed E-state index contributed by atoms with van der Waals surface area (Å²) < 4.78 is 0. The molecule has 92 valence electrons. The van der Waals surface area contributed by atoms with E-state index in [4.69, 9.17) is 0 Å². The first-order valence-electron chi connectivity index (χ1n) is 5.99. The number of carbonyl (C=O) groups is 2. The Balaban J connectivity index is 2.27. The van der Waals surface area contributed by atoms with Gasteiger partial charge in [0.2, 0.25) is 11.8 Å². The molecule has 0 radical (unpaired) electrons. The van der Waals surface area contributed by atoms with Crippen LogP contribution in [0.15, 0.2) is 0 Å². The molecule has 2 amide bonds. The van der Waals surface area contributed by atoms with Gasteiger partial charge < -0.3 is 15.5 Å². The molecule has 0 aromatic carbocycles. The standard InChI is InChI=1S/C11H21N3O2/c1-2-3-6-13-10(15)9-14-7-4-5-12-8-11(14)16/h12H,2-9H2,1H3,(H,13,15). The molecular formula is C11H21N3O2. The third-order valence-electron chi connectivity index (χ3n) is 2.60. The maximum atomic E-state index is 11.6. The number of carbonyl (C=O) groups excluding carboxylic acids is 2. The van der Waals surface area contributed by atoms with E-state index in [9.17, 15) is 9.59 Å². The normalized spacial score (nSPS) is 17.1. The summed E-state index contributed by atoms with van der Waals surface area (Å²) >= 11 is 0. The van der Waals surface area contributed by atoms with E-state index in [1.165, 1.54) is 0 Å². The number of unbranched alkanes of at least 4 members (excludes halogenated alkanes) is 1. The first kappa shape index (κ1) is 13.0. The Morgan fingerprint density at radius 2 is 2.38 bits per heavy atom. The van der Waals surface area contributed by atoms with Crippen molar-refractivity contribution in [3.8, 4) is 0 Å². The van der Waals surface area contributed by atoms with Crippen LogP contribution in [0.4, 0.5) is 0 Å². The molecule has 0 atom stereocenters. The molecule has 5 nitrogen and oxygen atoms in total. The molecular weight excluding hydrogens is 206 g/mol. The van der Waals surface area contributed by atoms with Crippen LogP contribution in [-0.4, -0.2) is 49.4 Å². The van der Waals surface area contributed by atoms with Crippen molar-refractivity contribution in [2.75, 3.05) is 32.7 Å². The third-order valence-corrected chi connectivity index (χ3v) is 2.60. The van der Waals surface area contributed by atoms with Gasteiger partial charge in [-0.25, -0.2) is 0 Å². The molecule has 0 spiro atoms. The van der Waals surface area contributed by atoms with Crippen LogP contribution in [0.25, 0.3) is 0 Å². The highest BCUT2D eigenvalue weighted by molar-refractivity contribution is 5.85. The van der Waals surface area contributed by atoms with Gasteiger partial charge in [0, 0.05) is 13.1 Å². The van der Waals surface area contributed by atoms with Crippen molar-refractivity contribution in [3.05, 3.63) is 0 Å². The van der Waals surface area contributed by atoms with Gasteiger partial charge in [0.1, 0.15) is 0 Å². The lowest BCUT2D eigenvalue weighted by Gasteiger charge is -2.19. The van der Waals surface area contributed by atoms with Gasteiger partial charge in [-0.1, -0.05) is 13.3 Å². The second kappa shape index (κ2) is 7.22. The van der Waals surface area contributed by atoms with Crippen LogP contribution in [0.2, 0.25) is 0 Å². The molecule has 1 aliphatic heterocycles. The molecule has 0 saturated carbocycles. The molecule has 16 heavy (non-hydrogen) atoms. The second-order valence-electron chi connectivity index (χ2n) is 4.05. The minimum Gasteiger partial charge on any atom is -0.355 e. The van der Waals surface area contributed by atoms with Crippen LogP contribution in [0.5, 0.6) is 0 Å². The molecule has 0 bridgehead atoms. The summed E-state index contributed by atoms with van der Waals surface area (Å²) in [4.78, 5) is 24.7. The summed E-state index contributed by atoms with van der Waals surface area (Å²) in [6, 6.07) is 0. The summed E-state index contributed by atoms with van der Waals surface area (Å²) in [5.41, 5.74) is 0. The SMILES string of the molecule is CCCCNC(=O)CN1CCCNCC1=O. The first-order valence-corrected chi connectivity index (χ1v) is 5.99. The van der Waals surface area contributed by atoms with E-state index in [1.807, 2.05) is 0 Å². The minimum absolute atomic E-state index is 0.0168. The zero-order valence-corrected chi connectivity index (χ0v) is 9.92. The number of nitrogens with one attached hydrogen (secondary N) is 2. The molecule has 1 saturated heterocycles. The quantitative estimate of drug-likeness (QED) is 0.635. The molecule has 1 rings (SSSR count). The van der Waals surface area contributed by atoms with Crippen LogP contribution in [-0.2, 0) is 9.59 Å². The van der Waals surface area contributed by atoms with Crippen LogP contribution in [0, 0.1) is 0 Å². The Kier molecular flexibility index (Phi) is 5.85. The van der Waals surface area contributed by atoms with Gasteiger partial charge in [0.25, 0.3) is 0 Å². The lowest BCUT2D eigenvalue weighted by Crippen LogP contribution is -2.42. The average molecular weight is 227 g/mol. The Morgan fingerprint density at radius 3 is 3.12 bits per heavy atom. The summed E-state index contributed by atoms with van der Waals surface area (Å²) in [5, 5.41) is 5.85. The van der Waals surface area contributed by atoms with E-state index >= 15 is 0 Å². The van der Waals surface area contributed by atoms with Gasteiger partial charge in [-0.05, 0) is 19.4 Å². The predicted molar refractivity (Wildman–Crippen MR) is 62.0 cm³/mol. The van der Waals surface area contributed by atoms with E-state index in [-0.39, 0.29) is 18.4 Å². The zero-order chi connectivity index (χ0) is 11.8. The van der Waals surface area contributed by atoms with E-state index in [0.717, 1.165) is 25.8 Å². The number of hydrogen-bond donors (Lipinski definition) is 2. The summed E-state index contributed by atoms with van der Waals surface area (Å²) in [7, 11) is 0. The Bertz CT molecular complexity index is 243. The number of rotatable bonds is 5. The average Bonchev–Trinajstić information content (AvgIpc) is 2.45. The van der Waals surface area contributed by atoms with Crippen molar-refractivity contribution >= 4 is 11.8 Å². The van der Waals surface area contributed by atoms with E-state index < -0.39 is 0 Å². The molecule has 0 unspecified atom stereocenters. The Morgan fingerprint density at radius 1 is 1.56 bits per heavy atom. The van der Waals surface area contributed by atoms with Crippen molar-refractivity contribution < 1.29 is 9.59 Å². The highest BCUT2D eigenvalue weighted by Crippen LogP contribution is 1.96. The first-order chi connectivity index (χ1) is 7.74. The molecule has 0 aliphatic carbocycles. The molecule has 0 aromatic rings. The summed E-state index contributed by atoms with van der Waals surface area (Å²) in [6.07, 6.45) is 2.96. The largest absolute Gasteiger partial charge is 0.355 e. The molecule has 1 fully saturated rings. The van der Waals surface area contributed by atoms with E-state index in [2.05, 4.69) is 17.6 Å². The van der Waals surface area contributed by atoms with Crippen molar-refractivity contribution in [1.29, 1.82) is 0 Å². The maximum Gasteiger partial charge on any atom is 0.239 e. The lowest BCUT2D eigenvalue weighted by molar-refractivity contribution is -0.134. The van der Waals surface area contributed by atoms with Gasteiger partial charge in [-0.2, -0.15) is 0 Å². The Hall–Kier alpha value is -1.10. The molecule has 2 N–H and O–H groups in total. The summed E-state index contributed by atoms with van der Waals surface area (Å²) in [6.45, 7) is 4.85. The maximum absolute atomic E-state index is 11.6. The topological polar surface area (TPSA) is 61.4 Å². The number of amides is 2. The highest BCUT2D eigenvalue weighted by atomic mass is 16.2. The lowest BCUT2D eigenvalue weighted by atomic mass is 10.3. The fraction of sp³-hybridized carbons (Fsp3) is 0.818. The van der Waals surface area contributed by atoms with Gasteiger partial charge in [-0.15, -0.1) is 0 Å². The fourth-order valence-corrected chi connectivity index (χ4v) is 1.63. The number of hydrogen-bond acceptors (Lipinski definition) is 3. The minimum atomic E-state index is -0.0521. The number of nitrogens with zero attached hydrogens (tertiary/aromatic N) is 1. The van der Waals surface area contributed by atoms with Crippen LogP contribution in [0.3, 0.4) is 0 Å². The summed E-state index contributed by atoms with van der Waals surface area (Å²) in [5.74, 6) is -0.0353. The van der Waals surface area contributed by atoms with Gasteiger partial charge in [0.15, 0.2) is 0 Å². The van der Waals surface area contributed by atoms with Gasteiger partial charge in [-0.3, -0.25) is 9.59 Å². The predicted octanol–water partition coefficient (Wildman–Crippen LogP) is -0.275. The van der Waals surface area contributed by atoms with E-state index in [0.29, 0.717) is 19.6 Å². The zero-order valence-electron chi connectivity index (χ0n) is 9.92. The van der Waals surface area contributed by atoms with Crippen LogP contribution in [0.1, 0.15) is 26.2 Å². The van der Waals surface area contributed by atoms with Crippen molar-refractivity contribution in [1.82, 2.24) is 15.5 Å². The molecule has 1 aliphatic rings. The second-order valence-corrected chi connectivity index (χ2v) is 4.05. The molecule has 1 heterocycles. The van der Waals surface area contributed by atoms with Crippen molar-refractivity contribution in [3.63, 3.8) is 0 Å². The third kappa shape index (κ3) is 4.61. The van der Waals surface area contributed by atoms with Gasteiger partial charge in [0.05, 0.1) is 13.1 Å². The monoisotopic (exact) mass is 227 g/mol. The van der Waals surface area contributed by atoms with Crippen molar-refractivity contribution in [2.24, 2.45) is 0 Å². The smallest absolute Gasteiger partial charge is 0.239 e.